The number of thiophene rings is 1. The SMILES string of the molecule is Cc1sc2ncnc(SCC(=O)NCCc3ccc(S(N)(=O)=O)cc3)c2c1C. The molecule has 28 heavy (non-hydrogen) atoms. The molecular weight excluding hydrogens is 416 g/mol. The van der Waals surface area contributed by atoms with E-state index in [2.05, 4.69) is 22.2 Å². The Morgan fingerprint density at radius 2 is 1.93 bits per heavy atom. The lowest BCUT2D eigenvalue weighted by atomic mass is 10.1. The van der Waals surface area contributed by atoms with E-state index in [9.17, 15) is 13.2 Å². The summed E-state index contributed by atoms with van der Waals surface area (Å²) in [5.74, 6) is 0.188. The number of rotatable bonds is 7. The standard InChI is InChI=1S/C18H20N4O3S3/c1-11-12(2)27-18-16(11)17(21-10-22-18)26-9-15(23)20-8-7-13-3-5-14(6-4-13)28(19,24)25/h3-6,10H,7-9H2,1-2H3,(H,20,23)(H2,19,24,25). The van der Waals surface area contributed by atoms with E-state index in [4.69, 9.17) is 5.14 Å². The molecular formula is C18H20N4O3S3. The Labute approximate surface area is 171 Å². The minimum Gasteiger partial charge on any atom is -0.355 e. The van der Waals surface area contributed by atoms with Crippen LogP contribution < -0.4 is 10.5 Å². The molecule has 3 aromatic rings. The van der Waals surface area contributed by atoms with Crippen molar-refractivity contribution in [3.8, 4) is 0 Å². The number of nitrogens with one attached hydrogen (secondary N) is 1. The molecule has 0 saturated carbocycles. The second-order valence-electron chi connectivity index (χ2n) is 6.22. The number of carbonyl (C=O) groups excluding carboxylic acids is 1. The maximum atomic E-state index is 12.1. The highest BCUT2D eigenvalue weighted by Crippen LogP contribution is 2.34. The van der Waals surface area contributed by atoms with Crippen molar-refractivity contribution >= 4 is 49.2 Å². The highest BCUT2D eigenvalue weighted by atomic mass is 32.2. The lowest BCUT2D eigenvalue weighted by Gasteiger charge is -2.07. The highest BCUT2D eigenvalue weighted by Gasteiger charge is 2.13. The summed E-state index contributed by atoms with van der Waals surface area (Å²) < 4.78 is 22.5. The van der Waals surface area contributed by atoms with Crippen molar-refractivity contribution in [3.05, 3.63) is 46.6 Å². The average molecular weight is 437 g/mol. The van der Waals surface area contributed by atoms with Gasteiger partial charge in [0.15, 0.2) is 0 Å². The van der Waals surface area contributed by atoms with Gasteiger partial charge in [0.25, 0.3) is 0 Å². The monoisotopic (exact) mass is 436 g/mol. The van der Waals surface area contributed by atoms with Crippen molar-refractivity contribution in [3.63, 3.8) is 0 Å². The minimum atomic E-state index is -3.69. The van der Waals surface area contributed by atoms with E-state index in [1.54, 1.807) is 23.5 Å². The molecule has 7 nitrogen and oxygen atoms in total. The Morgan fingerprint density at radius 3 is 2.61 bits per heavy atom. The highest BCUT2D eigenvalue weighted by molar-refractivity contribution is 8.00. The van der Waals surface area contributed by atoms with Crippen LogP contribution in [0.1, 0.15) is 16.0 Å². The third-order valence-electron chi connectivity index (χ3n) is 4.26. The Morgan fingerprint density at radius 1 is 1.21 bits per heavy atom. The fourth-order valence-electron chi connectivity index (χ4n) is 2.64. The summed E-state index contributed by atoms with van der Waals surface area (Å²) in [6.07, 6.45) is 2.13. The number of thioether (sulfide) groups is 1. The van der Waals surface area contributed by atoms with Crippen LogP contribution >= 0.6 is 23.1 Å². The van der Waals surface area contributed by atoms with Gasteiger partial charge in [0, 0.05) is 16.8 Å². The quantitative estimate of drug-likeness (QED) is 0.434. The predicted octanol–water partition coefficient (Wildman–Crippen LogP) is 2.41. The van der Waals surface area contributed by atoms with Crippen LogP contribution in [0.3, 0.4) is 0 Å². The molecule has 1 aromatic carbocycles. The molecule has 3 N–H and O–H groups in total. The summed E-state index contributed by atoms with van der Waals surface area (Å²) in [4.78, 5) is 23.0. The number of hydrogen-bond acceptors (Lipinski definition) is 7. The van der Waals surface area contributed by atoms with Crippen molar-refractivity contribution in [2.45, 2.75) is 30.2 Å². The van der Waals surface area contributed by atoms with Crippen molar-refractivity contribution in [2.24, 2.45) is 5.14 Å². The van der Waals surface area contributed by atoms with Crippen molar-refractivity contribution in [1.29, 1.82) is 0 Å². The molecule has 10 heteroatoms. The molecule has 1 amide bonds. The molecule has 0 spiro atoms. The molecule has 0 aliphatic heterocycles. The summed E-state index contributed by atoms with van der Waals surface area (Å²) in [6, 6.07) is 6.32. The Bertz CT molecular complexity index is 1110. The lowest BCUT2D eigenvalue weighted by Crippen LogP contribution is -2.27. The van der Waals surface area contributed by atoms with E-state index in [-0.39, 0.29) is 16.6 Å². The van der Waals surface area contributed by atoms with Crippen LogP contribution in [-0.2, 0) is 21.2 Å². The number of carbonyl (C=O) groups is 1. The van der Waals surface area contributed by atoms with Gasteiger partial charge in [-0.1, -0.05) is 23.9 Å². The van der Waals surface area contributed by atoms with Gasteiger partial charge in [-0.2, -0.15) is 0 Å². The molecule has 2 aromatic heterocycles. The van der Waals surface area contributed by atoms with E-state index >= 15 is 0 Å². The molecule has 0 aliphatic rings. The van der Waals surface area contributed by atoms with Crippen LogP contribution in [0.25, 0.3) is 10.2 Å². The van der Waals surface area contributed by atoms with Crippen LogP contribution in [0.15, 0.2) is 40.5 Å². The first-order chi connectivity index (χ1) is 13.3. The fourth-order valence-corrected chi connectivity index (χ4v) is 5.10. The maximum Gasteiger partial charge on any atom is 0.238 e. The van der Waals surface area contributed by atoms with Crippen molar-refractivity contribution in [2.75, 3.05) is 12.3 Å². The number of benzene rings is 1. The topological polar surface area (TPSA) is 115 Å². The van der Waals surface area contributed by atoms with Gasteiger partial charge in [0.1, 0.15) is 16.2 Å². The maximum absolute atomic E-state index is 12.1. The van der Waals surface area contributed by atoms with E-state index < -0.39 is 10.0 Å². The molecule has 2 heterocycles. The molecule has 0 saturated heterocycles. The number of nitrogens with zero attached hydrogens (tertiary/aromatic N) is 2. The molecule has 0 fully saturated rings. The van der Waals surface area contributed by atoms with Crippen molar-refractivity contribution in [1.82, 2.24) is 15.3 Å². The van der Waals surface area contributed by atoms with E-state index in [0.717, 1.165) is 26.4 Å². The average Bonchev–Trinajstić information content (AvgIpc) is 2.94. The van der Waals surface area contributed by atoms with Crippen LogP contribution in [0, 0.1) is 13.8 Å². The predicted molar refractivity (Wildman–Crippen MR) is 112 cm³/mol. The normalized spacial score (nSPS) is 11.7. The minimum absolute atomic E-state index is 0.0758. The molecule has 148 valence electrons. The summed E-state index contributed by atoms with van der Waals surface area (Å²) in [5, 5.41) is 9.79. The zero-order valence-corrected chi connectivity index (χ0v) is 17.9. The fraction of sp³-hybridized carbons (Fsp3) is 0.278. The summed E-state index contributed by atoms with van der Waals surface area (Å²) in [7, 11) is -3.69. The summed E-state index contributed by atoms with van der Waals surface area (Å²) >= 11 is 3.03. The Kier molecular flexibility index (Phi) is 6.33. The first kappa shape index (κ1) is 20.7. The number of amides is 1. The summed E-state index contributed by atoms with van der Waals surface area (Å²) in [6.45, 7) is 4.56. The van der Waals surface area contributed by atoms with Gasteiger partial charge < -0.3 is 5.32 Å². The molecule has 0 bridgehead atoms. The van der Waals surface area contributed by atoms with Gasteiger partial charge in [-0.3, -0.25) is 4.79 Å². The molecule has 0 atom stereocenters. The third kappa shape index (κ3) is 4.88. The van der Waals surface area contributed by atoms with Gasteiger partial charge in [0.05, 0.1) is 10.6 Å². The zero-order chi connectivity index (χ0) is 20.3. The van der Waals surface area contributed by atoms with Crippen LogP contribution in [0.4, 0.5) is 0 Å². The van der Waals surface area contributed by atoms with E-state index in [1.807, 2.05) is 6.92 Å². The smallest absolute Gasteiger partial charge is 0.238 e. The van der Waals surface area contributed by atoms with Gasteiger partial charge in [-0.15, -0.1) is 11.3 Å². The largest absolute Gasteiger partial charge is 0.355 e. The zero-order valence-electron chi connectivity index (χ0n) is 15.4. The number of fused-ring (bicyclic) bond motifs is 1. The summed E-state index contributed by atoms with van der Waals surface area (Å²) in [5.41, 5.74) is 2.08. The van der Waals surface area contributed by atoms with E-state index in [1.165, 1.54) is 35.1 Å². The molecule has 3 rings (SSSR count). The molecule has 0 radical (unpaired) electrons. The van der Waals surface area contributed by atoms with Crippen molar-refractivity contribution < 1.29 is 13.2 Å². The number of sulfonamides is 1. The Balaban J connectivity index is 1.52. The van der Waals surface area contributed by atoms with Gasteiger partial charge in [0.2, 0.25) is 15.9 Å². The number of aryl methyl sites for hydroxylation is 2. The van der Waals surface area contributed by atoms with Gasteiger partial charge in [-0.25, -0.2) is 23.5 Å². The lowest BCUT2D eigenvalue weighted by molar-refractivity contribution is -0.118. The number of hydrogen-bond donors (Lipinski definition) is 2. The number of primary sulfonamides is 1. The van der Waals surface area contributed by atoms with Crippen LogP contribution in [-0.4, -0.2) is 36.6 Å². The number of nitrogens with two attached hydrogens (primary N) is 1. The first-order valence-corrected chi connectivity index (χ1v) is 11.8. The van der Waals surface area contributed by atoms with Crippen LogP contribution in [0.5, 0.6) is 0 Å². The van der Waals surface area contributed by atoms with Crippen LogP contribution in [0.2, 0.25) is 0 Å². The second kappa shape index (κ2) is 8.56. The Hall–Kier alpha value is -2.01. The molecule has 0 aliphatic carbocycles. The second-order valence-corrected chi connectivity index (χ2v) is 9.95. The van der Waals surface area contributed by atoms with Gasteiger partial charge >= 0.3 is 0 Å². The van der Waals surface area contributed by atoms with E-state index in [0.29, 0.717) is 13.0 Å². The molecule has 0 unspecified atom stereocenters. The van der Waals surface area contributed by atoms with Gasteiger partial charge in [-0.05, 0) is 43.5 Å². The first-order valence-electron chi connectivity index (χ1n) is 8.47. The third-order valence-corrected chi connectivity index (χ3v) is 7.29. The number of aromatic nitrogens is 2.